The van der Waals surface area contributed by atoms with Crippen molar-refractivity contribution < 1.29 is 19.5 Å². The van der Waals surface area contributed by atoms with Gasteiger partial charge >= 0.3 is 0 Å². The highest BCUT2D eigenvalue weighted by atomic mass is 16.3. The number of aliphatic hydroxyl groups is 1. The maximum Gasteiger partial charge on any atom is 0.166 e. The molecule has 0 aromatic heterocycles. The molecule has 2 aromatic rings. The Balaban J connectivity index is 1.54. The molecule has 0 bridgehead atoms. The number of benzene rings is 2. The normalized spacial score (nSPS) is 22.9. The molecular formula is C31H36O4. The summed E-state index contributed by atoms with van der Waals surface area (Å²) in [7, 11) is 0. The quantitative estimate of drug-likeness (QED) is 0.354. The van der Waals surface area contributed by atoms with Gasteiger partial charge in [0, 0.05) is 23.8 Å². The summed E-state index contributed by atoms with van der Waals surface area (Å²) < 4.78 is 0. The number of rotatable bonds is 9. The number of Topliss-reactive ketones (excluding diaryl/α,β-unsaturated/α-hetero) is 3. The van der Waals surface area contributed by atoms with Gasteiger partial charge in [-0.05, 0) is 66.8 Å². The summed E-state index contributed by atoms with van der Waals surface area (Å²) in [5.74, 6) is -2.37. The van der Waals surface area contributed by atoms with Crippen molar-refractivity contribution in [3.8, 4) is 11.1 Å². The molecule has 2 aliphatic carbocycles. The lowest BCUT2D eigenvalue weighted by Gasteiger charge is -2.34. The molecule has 2 aliphatic rings. The summed E-state index contributed by atoms with van der Waals surface area (Å²) in [4.78, 5) is 39.3. The van der Waals surface area contributed by atoms with Crippen LogP contribution in [-0.2, 0) is 16.0 Å². The zero-order valence-electron chi connectivity index (χ0n) is 21.2. The molecule has 2 aromatic carbocycles. The molecule has 5 atom stereocenters. The number of hydrogen-bond donors (Lipinski definition) is 1. The van der Waals surface area contributed by atoms with E-state index in [0.717, 1.165) is 17.5 Å². The Labute approximate surface area is 208 Å². The molecule has 4 rings (SSSR count). The SMILES string of the molecule is CCCC(=O)C(C(=O)[C@H]1CCC1O)C(C)C(=O)c1ccc(-c2ccc3c(c2)C=C(C)C(C)C3)cc1. The van der Waals surface area contributed by atoms with E-state index in [2.05, 4.69) is 38.1 Å². The van der Waals surface area contributed by atoms with Crippen LogP contribution in [0, 0.1) is 23.7 Å². The molecule has 4 heteroatoms. The van der Waals surface area contributed by atoms with Crippen LogP contribution in [-0.4, -0.2) is 28.6 Å². The average molecular weight is 473 g/mol. The van der Waals surface area contributed by atoms with Crippen LogP contribution >= 0.6 is 0 Å². The third kappa shape index (κ3) is 5.08. The maximum absolute atomic E-state index is 13.3. The Morgan fingerprint density at radius 1 is 1.03 bits per heavy atom. The molecule has 1 fully saturated rings. The first-order valence-corrected chi connectivity index (χ1v) is 12.9. The first kappa shape index (κ1) is 25.2. The highest BCUT2D eigenvalue weighted by Gasteiger charge is 2.44. The molecule has 0 radical (unpaired) electrons. The van der Waals surface area contributed by atoms with Gasteiger partial charge in [-0.25, -0.2) is 0 Å². The van der Waals surface area contributed by atoms with Crippen LogP contribution in [0.2, 0.25) is 0 Å². The van der Waals surface area contributed by atoms with Gasteiger partial charge in [-0.1, -0.05) is 68.8 Å². The Hall–Kier alpha value is -2.85. The topological polar surface area (TPSA) is 71.4 Å². The van der Waals surface area contributed by atoms with Crippen LogP contribution in [0.5, 0.6) is 0 Å². The third-order valence-electron chi connectivity index (χ3n) is 8.00. The molecule has 0 heterocycles. The summed E-state index contributed by atoms with van der Waals surface area (Å²) >= 11 is 0. The fourth-order valence-corrected chi connectivity index (χ4v) is 5.35. The van der Waals surface area contributed by atoms with Crippen molar-refractivity contribution in [2.24, 2.45) is 23.7 Å². The second-order valence-electron chi connectivity index (χ2n) is 10.5. The van der Waals surface area contributed by atoms with Crippen molar-refractivity contribution in [2.75, 3.05) is 0 Å². The van der Waals surface area contributed by atoms with Crippen LogP contribution < -0.4 is 0 Å². The van der Waals surface area contributed by atoms with Crippen molar-refractivity contribution >= 4 is 23.4 Å². The van der Waals surface area contributed by atoms with E-state index in [1.54, 1.807) is 19.1 Å². The molecule has 184 valence electrons. The van der Waals surface area contributed by atoms with Gasteiger partial charge in [0.2, 0.25) is 0 Å². The van der Waals surface area contributed by atoms with E-state index in [1.165, 1.54) is 16.7 Å². The molecule has 0 saturated heterocycles. The van der Waals surface area contributed by atoms with E-state index in [-0.39, 0.29) is 23.8 Å². The van der Waals surface area contributed by atoms with Gasteiger partial charge in [0.15, 0.2) is 5.78 Å². The van der Waals surface area contributed by atoms with Crippen LogP contribution in [0.3, 0.4) is 0 Å². The fraction of sp³-hybridized carbons (Fsp3) is 0.452. The van der Waals surface area contributed by atoms with Gasteiger partial charge in [-0.15, -0.1) is 0 Å². The number of carbonyl (C=O) groups is 3. The lowest BCUT2D eigenvalue weighted by Crippen LogP contribution is -2.45. The minimum Gasteiger partial charge on any atom is -0.392 e. The molecule has 0 aliphatic heterocycles. The van der Waals surface area contributed by atoms with E-state index < -0.39 is 23.9 Å². The van der Waals surface area contributed by atoms with Crippen molar-refractivity contribution in [1.82, 2.24) is 0 Å². The smallest absolute Gasteiger partial charge is 0.166 e. The average Bonchev–Trinajstić information content (AvgIpc) is 2.83. The van der Waals surface area contributed by atoms with E-state index in [0.29, 0.717) is 30.7 Å². The Bertz CT molecular complexity index is 1160. The van der Waals surface area contributed by atoms with Gasteiger partial charge in [0.25, 0.3) is 0 Å². The minimum atomic E-state index is -0.986. The van der Waals surface area contributed by atoms with Gasteiger partial charge < -0.3 is 5.11 Å². The van der Waals surface area contributed by atoms with Crippen LogP contribution in [0.25, 0.3) is 17.2 Å². The van der Waals surface area contributed by atoms with E-state index in [4.69, 9.17) is 0 Å². The second kappa shape index (κ2) is 10.4. The van der Waals surface area contributed by atoms with Crippen molar-refractivity contribution in [2.45, 2.75) is 65.9 Å². The van der Waals surface area contributed by atoms with Gasteiger partial charge in [0.1, 0.15) is 11.6 Å². The monoisotopic (exact) mass is 472 g/mol. The zero-order chi connectivity index (χ0) is 25.3. The lowest BCUT2D eigenvalue weighted by molar-refractivity contribution is -0.142. The van der Waals surface area contributed by atoms with E-state index >= 15 is 0 Å². The number of fused-ring (bicyclic) bond motifs is 1. The number of carbonyl (C=O) groups excluding carboxylic acids is 3. The molecule has 0 spiro atoms. The predicted octanol–water partition coefficient (Wildman–Crippen LogP) is 6.09. The summed E-state index contributed by atoms with van der Waals surface area (Å²) in [5.41, 5.74) is 6.62. The molecule has 4 nitrogen and oxygen atoms in total. The summed E-state index contributed by atoms with van der Waals surface area (Å²) in [6.45, 7) is 8.00. The third-order valence-corrected chi connectivity index (χ3v) is 8.00. The highest BCUT2D eigenvalue weighted by molar-refractivity contribution is 6.10. The molecule has 35 heavy (non-hydrogen) atoms. The minimum absolute atomic E-state index is 0.194. The number of aliphatic hydroxyl groups excluding tert-OH is 1. The number of allylic oxidation sites excluding steroid dienone is 1. The first-order chi connectivity index (χ1) is 16.7. The van der Waals surface area contributed by atoms with E-state index in [9.17, 15) is 19.5 Å². The Morgan fingerprint density at radius 3 is 2.31 bits per heavy atom. The van der Waals surface area contributed by atoms with Crippen molar-refractivity contribution in [1.29, 1.82) is 0 Å². The zero-order valence-corrected chi connectivity index (χ0v) is 21.2. The Kier molecular flexibility index (Phi) is 7.51. The molecular weight excluding hydrogens is 436 g/mol. The first-order valence-electron chi connectivity index (χ1n) is 12.9. The molecule has 1 N–H and O–H groups in total. The molecule has 1 saturated carbocycles. The summed E-state index contributed by atoms with van der Waals surface area (Å²) in [6.07, 6.45) is 4.67. The predicted molar refractivity (Wildman–Crippen MR) is 139 cm³/mol. The highest BCUT2D eigenvalue weighted by Crippen LogP contribution is 2.35. The van der Waals surface area contributed by atoms with Gasteiger partial charge in [0.05, 0.1) is 12.0 Å². The molecule has 4 unspecified atom stereocenters. The van der Waals surface area contributed by atoms with Crippen molar-refractivity contribution in [3.05, 3.63) is 64.7 Å². The van der Waals surface area contributed by atoms with Crippen LogP contribution in [0.15, 0.2) is 48.0 Å². The summed E-state index contributed by atoms with van der Waals surface area (Å²) in [5, 5.41) is 10.00. The fourth-order valence-electron chi connectivity index (χ4n) is 5.35. The van der Waals surface area contributed by atoms with E-state index in [1.807, 2.05) is 19.1 Å². The molecule has 0 amide bonds. The van der Waals surface area contributed by atoms with Crippen LogP contribution in [0.1, 0.15) is 74.9 Å². The van der Waals surface area contributed by atoms with Gasteiger partial charge in [-0.2, -0.15) is 0 Å². The number of ketones is 3. The van der Waals surface area contributed by atoms with Crippen molar-refractivity contribution in [3.63, 3.8) is 0 Å². The van der Waals surface area contributed by atoms with Crippen LogP contribution in [0.4, 0.5) is 0 Å². The number of hydrogen-bond acceptors (Lipinski definition) is 4. The standard InChI is InChI=1S/C31H36O4/c1-5-6-28(33)29(31(35)26-13-14-27(26)32)20(4)30(34)22-9-7-21(8-10-22)24-12-11-23-15-18(2)19(3)16-25(23)17-24/h7-12,16-18,20,26-27,29,32H,5-6,13-15H2,1-4H3/t18?,20?,26-,27?,29?/m0/s1. The Morgan fingerprint density at radius 2 is 1.71 bits per heavy atom. The van der Waals surface area contributed by atoms with Gasteiger partial charge in [-0.3, -0.25) is 14.4 Å². The maximum atomic E-state index is 13.3. The lowest BCUT2D eigenvalue weighted by atomic mass is 9.70. The second-order valence-corrected chi connectivity index (χ2v) is 10.5. The largest absolute Gasteiger partial charge is 0.392 e. The summed E-state index contributed by atoms with van der Waals surface area (Å²) in [6, 6.07) is 14.0.